The Hall–Kier alpha value is -2.08. The van der Waals surface area contributed by atoms with Gasteiger partial charge in [0.05, 0.1) is 0 Å². The molecule has 14 heavy (non-hydrogen) atoms. The molecule has 1 heterocycles. The Morgan fingerprint density at radius 3 is 3.14 bits per heavy atom. The summed E-state index contributed by atoms with van der Waals surface area (Å²) in [5, 5.41) is 0. The lowest BCUT2D eigenvalue weighted by atomic mass is 10.2. The summed E-state index contributed by atoms with van der Waals surface area (Å²) in [4.78, 5) is 14.2. The number of hydrogen-bond donors (Lipinski definition) is 0. The fourth-order valence-electron chi connectivity index (χ4n) is 1.23. The number of benzene rings is 1. The van der Waals surface area contributed by atoms with E-state index in [2.05, 4.69) is 16.8 Å². The van der Waals surface area contributed by atoms with Crippen LogP contribution in [-0.2, 0) is 4.79 Å². The Kier molecular flexibility index (Phi) is 2.04. The monoisotopic (exact) mass is 185 g/mol. The molecule has 2 rings (SSSR count). The highest BCUT2D eigenvalue weighted by Crippen LogP contribution is 2.15. The molecule has 0 aliphatic heterocycles. The largest absolute Gasteiger partial charge is 0.441 e. The van der Waals surface area contributed by atoms with Gasteiger partial charge < -0.3 is 4.42 Å². The van der Waals surface area contributed by atoms with E-state index in [9.17, 15) is 4.79 Å². The van der Waals surface area contributed by atoms with Crippen LogP contribution in [-0.4, -0.2) is 11.3 Å². The quantitative estimate of drug-likeness (QED) is 0.463. The fraction of sp³-hybridized carbons (Fsp3) is 0.0909. The number of carbonyl (C=O) groups is 1. The van der Waals surface area contributed by atoms with Crippen LogP contribution in [0.1, 0.15) is 11.5 Å². The fourth-order valence-corrected chi connectivity index (χ4v) is 1.23. The molecule has 3 heteroatoms. The topological polar surface area (TPSA) is 43.1 Å². The predicted octanol–water partition coefficient (Wildman–Crippen LogP) is 1.69. The van der Waals surface area contributed by atoms with Crippen LogP contribution >= 0.6 is 0 Å². The predicted molar refractivity (Wildman–Crippen MR) is 51.7 cm³/mol. The second-order valence-electron chi connectivity index (χ2n) is 2.80. The van der Waals surface area contributed by atoms with E-state index >= 15 is 0 Å². The zero-order valence-corrected chi connectivity index (χ0v) is 7.57. The molecular weight excluding hydrogens is 178 g/mol. The van der Waals surface area contributed by atoms with Crippen molar-refractivity contribution in [2.45, 2.75) is 6.92 Å². The molecule has 0 spiro atoms. The van der Waals surface area contributed by atoms with Gasteiger partial charge in [0.15, 0.2) is 17.8 Å². The third-order valence-corrected chi connectivity index (χ3v) is 1.77. The number of aryl methyl sites for hydroxylation is 1. The van der Waals surface area contributed by atoms with Gasteiger partial charge in [-0.25, -0.2) is 4.98 Å². The van der Waals surface area contributed by atoms with Crippen molar-refractivity contribution in [3.63, 3.8) is 0 Å². The van der Waals surface area contributed by atoms with Gasteiger partial charge in [-0.15, -0.1) is 0 Å². The number of fused-ring (bicyclic) bond motifs is 1. The molecule has 2 aromatic rings. The van der Waals surface area contributed by atoms with Crippen molar-refractivity contribution in [2.24, 2.45) is 0 Å². The van der Waals surface area contributed by atoms with Crippen LogP contribution in [0.25, 0.3) is 11.1 Å². The summed E-state index contributed by atoms with van der Waals surface area (Å²) in [6.07, 6.45) is 0.568. The van der Waals surface area contributed by atoms with E-state index in [4.69, 9.17) is 4.42 Å². The first kappa shape index (κ1) is 8.52. The molecule has 0 saturated heterocycles. The minimum absolute atomic E-state index is 0.568. The molecule has 0 unspecified atom stereocenters. The van der Waals surface area contributed by atoms with E-state index in [1.807, 2.05) is 0 Å². The molecule has 1 aromatic heterocycles. The maximum Gasteiger partial charge on any atom is 0.193 e. The Balaban J connectivity index is 2.55. The van der Waals surface area contributed by atoms with E-state index in [1.54, 1.807) is 25.1 Å². The van der Waals surface area contributed by atoms with Crippen LogP contribution in [0.5, 0.6) is 0 Å². The standard InChI is InChI=1S/C11H7NO2/c1-8-12-10-7-9(3-2-6-13)4-5-11(10)14-8/h4-7H,1H3. The van der Waals surface area contributed by atoms with Gasteiger partial charge in [0.1, 0.15) is 5.52 Å². The minimum atomic E-state index is 0.568. The summed E-state index contributed by atoms with van der Waals surface area (Å²) < 4.78 is 5.30. The minimum Gasteiger partial charge on any atom is -0.441 e. The van der Waals surface area contributed by atoms with E-state index < -0.39 is 0 Å². The summed E-state index contributed by atoms with van der Waals surface area (Å²) >= 11 is 0. The smallest absolute Gasteiger partial charge is 0.193 e. The lowest BCUT2D eigenvalue weighted by Crippen LogP contribution is -1.75. The molecule has 0 amide bonds. The van der Waals surface area contributed by atoms with E-state index in [-0.39, 0.29) is 0 Å². The molecule has 0 bridgehead atoms. The lowest BCUT2D eigenvalue weighted by molar-refractivity contribution is -0.103. The van der Waals surface area contributed by atoms with Crippen LogP contribution in [0.15, 0.2) is 22.6 Å². The molecular formula is C11H7NO2. The maximum atomic E-state index is 10.0. The molecule has 0 atom stereocenters. The van der Waals surface area contributed by atoms with Crippen molar-refractivity contribution >= 4 is 17.4 Å². The number of rotatable bonds is 0. The SMILES string of the molecule is Cc1nc2cc(C#CC=O)ccc2o1. The molecule has 0 aliphatic carbocycles. The highest BCUT2D eigenvalue weighted by molar-refractivity contribution is 5.77. The lowest BCUT2D eigenvalue weighted by Gasteiger charge is -1.87. The second kappa shape index (κ2) is 3.35. The Labute approximate surface area is 80.7 Å². The van der Waals surface area contributed by atoms with Crippen LogP contribution < -0.4 is 0 Å². The van der Waals surface area contributed by atoms with Crippen molar-refractivity contribution < 1.29 is 9.21 Å². The molecule has 1 aromatic carbocycles. The van der Waals surface area contributed by atoms with Gasteiger partial charge in [0.2, 0.25) is 0 Å². The van der Waals surface area contributed by atoms with Crippen molar-refractivity contribution in [2.75, 3.05) is 0 Å². The average molecular weight is 185 g/mol. The van der Waals surface area contributed by atoms with Gasteiger partial charge in [-0.05, 0) is 24.1 Å². The number of aromatic nitrogens is 1. The normalized spacial score (nSPS) is 9.50. The van der Waals surface area contributed by atoms with Crippen molar-refractivity contribution in [1.82, 2.24) is 4.98 Å². The molecule has 3 nitrogen and oxygen atoms in total. The summed E-state index contributed by atoms with van der Waals surface area (Å²) in [7, 11) is 0. The van der Waals surface area contributed by atoms with Crippen molar-refractivity contribution in [3.8, 4) is 11.8 Å². The highest BCUT2D eigenvalue weighted by Gasteiger charge is 2.01. The zero-order chi connectivity index (χ0) is 9.97. The van der Waals surface area contributed by atoms with Crippen LogP contribution in [0.4, 0.5) is 0 Å². The summed E-state index contributed by atoms with van der Waals surface area (Å²) in [6, 6.07) is 5.38. The number of carbonyl (C=O) groups excluding carboxylic acids is 1. The van der Waals surface area contributed by atoms with Gasteiger partial charge in [-0.1, -0.05) is 5.92 Å². The van der Waals surface area contributed by atoms with E-state index in [0.29, 0.717) is 12.2 Å². The third kappa shape index (κ3) is 1.50. The summed E-state index contributed by atoms with van der Waals surface area (Å²) in [5.74, 6) is 5.67. The Bertz CT molecular complexity index is 543. The van der Waals surface area contributed by atoms with Gasteiger partial charge in [0, 0.05) is 12.5 Å². The first-order valence-electron chi connectivity index (χ1n) is 4.12. The third-order valence-electron chi connectivity index (χ3n) is 1.77. The highest BCUT2D eigenvalue weighted by atomic mass is 16.3. The van der Waals surface area contributed by atoms with E-state index in [1.165, 1.54) is 0 Å². The van der Waals surface area contributed by atoms with Crippen molar-refractivity contribution in [3.05, 3.63) is 29.7 Å². The zero-order valence-electron chi connectivity index (χ0n) is 7.57. The van der Waals surface area contributed by atoms with Gasteiger partial charge >= 0.3 is 0 Å². The molecule has 68 valence electrons. The van der Waals surface area contributed by atoms with Crippen LogP contribution in [0, 0.1) is 18.8 Å². The average Bonchev–Trinajstić information content (AvgIpc) is 2.54. The Morgan fingerprint density at radius 1 is 1.50 bits per heavy atom. The second-order valence-corrected chi connectivity index (χ2v) is 2.80. The summed E-state index contributed by atoms with van der Waals surface area (Å²) in [6.45, 7) is 1.79. The van der Waals surface area contributed by atoms with Gasteiger partial charge in [0.25, 0.3) is 0 Å². The molecule has 0 N–H and O–H groups in total. The summed E-state index contributed by atoms with van der Waals surface area (Å²) in [5.41, 5.74) is 2.26. The van der Waals surface area contributed by atoms with Crippen LogP contribution in [0.2, 0.25) is 0 Å². The number of aldehydes is 1. The van der Waals surface area contributed by atoms with Gasteiger partial charge in [-0.3, -0.25) is 4.79 Å². The first-order chi connectivity index (χ1) is 6.79. The van der Waals surface area contributed by atoms with Crippen molar-refractivity contribution in [1.29, 1.82) is 0 Å². The number of nitrogens with zero attached hydrogens (tertiary/aromatic N) is 1. The van der Waals surface area contributed by atoms with Crippen LogP contribution in [0.3, 0.4) is 0 Å². The Morgan fingerprint density at radius 2 is 2.36 bits per heavy atom. The molecule has 0 saturated carbocycles. The number of oxazole rings is 1. The number of hydrogen-bond acceptors (Lipinski definition) is 3. The first-order valence-corrected chi connectivity index (χ1v) is 4.12. The molecule has 0 aliphatic rings. The maximum absolute atomic E-state index is 10.0. The van der Waals surface area contributed by atoms with E-state index in [0.717, 1.165) is 16.7 Å². The van der Waals surface area contributed by atoms with Gasteiger partial charge in [-0.2, -0.15) is 0 Å². The molecule has 0 fully saturated rings. The molecule has 0 radical (unpaired) electrons.